The van der Waals surface area contributed by atoms with Gasteiger partial charge in [-0.2, -0.15) is 4.31 Å². The molecular formula is C30H36F2N4O3S. The van der Waals surface area contributed by atoms with E-state index < -0.39 is 21.9 Å². The molecule has 1 atom stereocenters. The van der Waals surface area contributed by atoms with Gasteiger partial charge >= 0.3 is 0 Å². The molecule has 7 nitrogen and oxygen atoms in total. The van der Waals surface area contributed by atoms with Crippen LogP contribution in [0.4, 0.5) is 14.6 Å². The summed E-state index contributed by atoms with van der Waals surface area (Å²) in [6, 6.07) is 18.3. The molecule has 0 aliphatic carbocycles. The first-order valence-corrected chi connectivity index (χ1v) is 15.6. The van der Waals surface area contributed by atoms with Crippen LogP contribution in [0.3, 0.4) is 0 Å². The Morgan fingerprint density at radius 2 is 1.77 bits per heavy atom. The number of fused-ring (bicyclic) bond motifs is 1. The number of hydrogen-bond donors (Lipinski definition) is 0. The Kier molecular flexibility index (Phi) is 7.78. The first-order chi connectivity index (χ1) is 19.3. The van der Waals surface area contributed by atoms with Crippen LogP contribution in [0.1, 0.15) is 24.8 Å². The van der Waals surface area contributed by atoms with E-state index in [1.165, 1.54) is 0 Å². The number of morpholine rings is 1. The molecule has 10 heteroatoms. The number of alkyl halides is 2. The Morgan fingerprint density at radius 1 is 1.00 bits per heavy atom. The van der Waals surface area contributed by atoms with Crippen LogP contribution in [-0.4, -0.2) is 88.1 Å². The molecule has 1 aromatic heterocycles. The molecule has 6 rings (SSSR count). The highest BCUT2D eigenvalue weighted by Crippen LogP contribution is 2.41. The number of piperidine rings is 1. The van der Waals surface area contributed by atoms with Crippen molar-refractivity contribution in [1.82, 2.24) is 14.2 Å². The average Bonchev–Trinajstić information content (AvgIpc) is 2.95. The van der Waals surface area contributed by atoms with Gasteiger partial charge < -0.3 is 9.64 Å². The van der Waals surface area contributed by atoms with Crippen LogP contribution in [0, 0.1) is 5.92 Å². The zero-order chi connectivity index (χ0) is 27.7. The molecular weight excluding hydrogens is 534 g/mol. The molecule has 3 aliphatic heterocycles. The van der Waals surface area contributed by atoms with Crippen molar-refractivity contribution in [3.63, 3.8) is 0 Å². The molecule has 0 saturated carbocycles. The normalized spacial score (nSPS) is 22.5. The SMILES string of the molecule is O=S(=O)(c1ccc2nc(N3CC(CC(F)F)(c4ccccc4)C3)ccc2c1)N1CCCC(CN2CCOCC2)C1. The topological polar surface area (TPSA) is 66.0 Å². The lowest BCUT2D eigenvalue weighted by atomic mass is 9.71. The molecule has 3 fully saturated rings. The first kappa shape index (κ1) is 27.5. The van der Waals surface area contributed by atoms with Gasteiger partial charge in [0.2, 0.25) is 16.4 Å². The summed E-state index contributed by atoms with van der Waals surface area (Å²) in [5.74, 6) is 1.03. The van der Waals surface area contributed by atoms with E-state index in [0.717, 1.165) is 56.6 Å². The third kappa shape index (κ3) is 5.59. The Hall–Kier alpha value is -2.66. The van der Waals surface area contributed by atoms with E-state index >= 15 is 0 Å². The summed E-state index contributed by atoms with van der Waals surface area (Å²) < 4.78 is 61.2. The molecule has 3 saturated heterocycles. The van der Waals surface area contributed by atoms with Crippen LogP contribution < -0.4 is 4.90 Å². The minimum Gasteiger partial charge on any atom is -0.379 e. The number of ether oxygens (including phenoxy) is 1. The van der Waals surface area contributed by atoms with Crippen molar-refractivity contribution >= 4 is 26.7 Å². The molecule has 0 amide bonds. The predicted molar refractivity (Wildman–Crippen MR) is 151 cm³/mol. The van der Waals surface area contributed by atoms with Gasteiger partial charge in [-0.3, -0.25) is 4.90 Å². The second-order valence-corrected chi connectivity index (χ2v) is 13.3. The van der Waals surface area contributed by atoms with Gasteiger partial charge in [0.1, 0.15) is 5.82 Å². The van der Waals surface area contributed by atoms with Gasteiger partial charge in [-0.05, 0) is 54.7 Å². The summed E-state index contributed by atoms with van der Waals surface area (Å²) in [6.45, 7) is 6.18. The van der Waals surface area contributed by atoms with E-state index in [-0.39, 0.29) is 11.3 Å². The van der Waals surface area contributed by atoms with Gasteiger partial charge in [-0.15, -0.1) is 0 Å². The van der Waals surface area contributed by atoms with Crippen LogP contribution >= 0.6 is 0 Å². The number of aromatic nitrogens is 1. The zero-order valence-corrected chi connectivity index (χ0v) is 23.4. The van der Waals surface area contributed by atoms with Gasteiger partial charge in [0.25, 0.3) is 0 Å². The van der Waals surface area contributed by atoms with Gasteiger partial charge in [0.15, 0.2) is 0 Å². The van der Waals surface area contributed by atoms with E-state index in [1.54, 1.807) is 22.5 Å². The monoisotopic (exact) mass is 570 g/mol. The second kappa shape index (κ2) is 11.3. The van der Waals surface area contributed by atoms with Crippen LogP contribution in [0.15, 0.2) is 65.6 Å². The Bertz CT molecular complexity index is 1430. The zero-order valence-electron chi connectivity index (χ0n) is 22.6. The number of anilines is 1. The Balaban J connectivity index is 1.16. The number of sulfonamides is 1. The molecule has 2 aromatic carbocycles. The molecule has 0 spiro atoms. The quantitative estimate of drug-likeness (QED) is 0.401. The van der Waals surface area contributed by atoms with Gasteiger partial charge in [-0.1, -0.05) is 30.3 Å². The third-order valence-electron chi connectivity index (χ3n) is 8.63. The maximum Gasteiger partial charge on any atom is 0.243 e. The van der Waals surface area contributed by atoms with Gasteiger partial charge in [0.05, 0.1) is 23.6 Å². The van der Waals surface area contributed by atoms with Crippen molar-refractivity contribution < 1.29 is 21.9 Å². The van der Waals surface area contributed by atoms with Crippen LogP contribution in [0.25, 0.3) is 10.9 Å². The van der Waals surface area contributed by atoms with Crippen molar-refractivity contribution in [3.05, 3.63) is 66.2 Å². The lowest BCUT2D eigenvalue weighted by molar-refractivity contribution is 0.0265. The summed E-state index contributed by atoms with van der Waals surface area (Å²) in [7, 11) is -3.62. The third-order valence-corrected chi connectivity index (χ3v) is 10.5. The predicted octanol–water partition coefficient (Wildman–Crippen LogP) is 4.38. The second-order valence-electron chi connectivity index (χ2n) is 11.4. The summed E-state index contributed by atoms with van der Waals surface area (Å²) in [5, 5.41) is 0.745. The molecule has 1 unspecified atom stereocenters. The summed E-state index contributed by atoms with van der Waals surface area (Å²) in [6.07, 6.45) is -0.681. The molecule has 3 aliphatic rings. The lowest BCUT2D eigenvalue weighted by Gasteiger charge is -2.51. The number of pyridine rings is 1. The highest BCUT2D eigenvalue weighted by molar-refractivity contribution is 7.89. The Labute approximate surface area is 234 Å². The maximum atomic E-state index is 13.6. The molecule has 214 valence electrons. The minimum absolute atomic E-state index is 0.188. The number of benzene rings is 2. The molecule has 0 radical (unpaired) electrons. The van der Waals surface area contributed by atoms with Crippen LogP contribution in [0.2, 0.25) is 0 Å². The van der Waals surface area contributed by atoms with Crippen molar-refractivity contribution in [2.24, 2.45) is 5.92 Å². The highest BCUT2D eigenvalue weighted by atomic mass is 32.2. The maximum absolute atomic E-state index is 13.6. The van der Waals surface area contributed by atoms with Crippen molar-refractivity contribution in [1.29, 1.82) is 0 Å². The van der Waals surface area contributed by atoms with E-state index in [0.29, 0.717) is 43.4 Å². The van der Waals surface area contributed by atoms with E-state index in [9.17, 15) is 17.2 Å². The molecule has 4 heterocycles. The van der Waals surface area contributed by atoms with Crippen LogP contribution in [-0.2, 0) is 20.2 Å². The summed E-state index contributed by atoms with van der Waals surface area (Å²) in [5.41, 5.74) is 1.01. The summed E-state index contributed by atoms with van der Waals surface area (Å²) in [4.78, 5) is 9.44. The van der Waals surface area contributed by atoms with Gasteiger partial charge in [-0.25, -0.2) is 22.2 Å². The lowest BCUT2D eigenvalue weighted by Crippen LogP contribution is -2.60. The fraction of sp³-hybridized carbons (Fsp3) is 0.500. The number of hydrogen-bond acceptors (Lipinski definition) is 6. The first-order valence-electron chi connectivity index (χ1n) is 14.1. The summed E-state index contributed by atoms with van der Waals surface area (Å²) >= 11 is 0. The fourth-order valence-corrected chi connectivity index (χ4v) is 8.08. The van der Waals surface area contributed by atoms with E-state index in [4.69, 9.17) is 9.72 Å². The fourth-order valence-electron chi connectivity index (χ4n) is 6.48. The van der Waals surface area contributed by atoms with Crippen molar-refractivity contribution in [2.45, 2.75) is 36.0 Å². The van der Waals surface area contributed by atoms with Crippen molar-refractivity contribution in [2.75, 3.05) is 63.9 Å². The minimum atomic E-state index is -3.62. The Morgan fingerprint density at radius 3 is 2.52 bits per heavy atom. The number of halogens is 2. The van der Waals surface area contributed by atoms with Crippen LogP contribution in [0.5, 0.6) is 0 Å². The highest BCUT2D eigenvalue weighted by Gasteiger charge is 2.46. The average molecular weight is 571 g/mol. The standard InChI is InChI=1S/C30H36F2N4O3S/c31-28(32)18-30(25-6-2-1-3-7-25)21-35(22-30)29-11-8-24-17-26(9-10-27(24)33-29)40(37,38)36-12-4-5-23(20-36)19-34-13-15-39-16-14-34/h1-3,6-11,17,23,28H,4-5,12-16,18-22H2. The number of rotatable bonds is 8. The van der Waals surface area contributed by atoms with E-state index in [2.05, 4.69) is 4.90 Å². The van der Waals surface area contributed by atoms with Gasteiger partial charge in [0, 0.05) is 63.0 Å². The molecule has 3 aromatic rings. The molecule has 0 bridgehead atoms. The smallest absolute Gasteiger partial charge is 0.243 e. The van der Waals surface area contributed by atoms with Crippen molar-refractivity contribution in [3.8, 4) is 0 Å². The molecule has 40 heavy (non-hydrogen) atoms. The largest absolute Gasteiger partial charge is 0.379 e. The van der Waals surface area contributed by atoms with E-state index in [1.807, 2.05) is 47.4 Å². The number of nitrogens with zero attached hydrogens (tertiary/aromatic N) is 4. The molecule has 0 N–H and O–H groups in total.